The molecule has 2 aromatic carbocycles. The van der Waals surface area contributed by atoms with E-state index in [1.807, 2.05) is 52.6 Å². The molecule has 0 saturated heterocycles. The number of nitrogens with one attached hydrogen (secondary N) is 1. The summed E-state index contributed by atoms with van der Waals surface area (Å²) in [7, 11) is 0. The highest BCUT2D eigenvalue weighted by Gasteiger charge is 2.35. The Hall–Kier alpha value is -2.59. The van der Waals surface area contributed by atoms with Gasteiger partial charge in [-0.2, -0.15) is 0 Å². The molecule has 1 aliphatic rings. The molecule has 0 radical (unpaired) electrons. The summed E-state index contributed by atoms with van der Waals surface area (Å²) in [6, 6.07) is 20.0. The van der Waals surface area contributed by atoms with Crippen LogP contribution in [0.3, 0.4) is 0 Å². The van der Waals surface area contributed by atoms with Gasteiger partial charge >= 0.3 is 6.03 Å². The Labute approximate surface area is 164 Å². The molecule has 3 aromatic rings. The Morgan fingerprint density at radius 3 is 2.44 bits per heavy atom. The van der Waals surface area contributed by atoms with E-state index in [0.717, 1.165) is 25.1 Å². The van der Waals surface area contributed by atoms with Crippen LogP contribution in [0.4, 0.5) is 10.5 Å². The van der Waals surface area contributed by atoms with Crippen LogP contribution < -0.4 is 5.32 Å². The van der Waals surface area contributed by atoms with Crippen LogP contribution >= 0.6 is 11.3 Å². The van der Waals surface area contributed by atoms with Crippen molar-refractivity contribution in [1.82, 2.24) is 4.90 Å². The van der Waals surface area contributed by atoms with Gasteiger partial charge in [0, 0.05) is 22.0 Å². The predicted octanol–water partition coefficient (Wildman–Crippen LogP) is 5.80. The molecular formula is C23H24N2OS. The zero-order chi connectivity index (χ0) is 18.8. The number of carbonyl (C=O) groups excluding carboxylic acids is 1. The topological polar surface area (TPSA) is 32.3 Å². The lowest BCUT2D eigenvalue weighted by Gasteiger charge is -2.36. The maximum atomic E-state index is 13.1. The van der Waals surface area contributed by atoms with Gasteiger partial charge in [0.25, 0.3) is 0 Å². The molecule has 1 unspecified atom stereocenters. The van der Waals surface area contributed by atoms with Gasteiger partial charge in [-0.1, -0.05) is 55.5 Å². The Kier molecular flexibility index (Phi) is 4.99. The third-order valence-electron chi connectivity index (χ3n) is 5.27. The van der Waals surface area contributed by atoms with Gasteiger partial charge in [0.2, 0.25) is 0 Å². The summed E-state index contributed by atoms with van der Waals surface area (Å²) in [5.74, 6) is 0. The summed E-state index contributed by atoms with van der Waals surface area (Å²) < 4.78 is 0. The Morgan fingerprint density at radius 1 is 1.11 bits per heavy atom. The minimum atomic E-state index is -0.0372. The van der Waals surface area contributed by atoms with Crippen LogP contribution in [0.25, 0.3) is 0 Å². The second-order valence-corrected chi connectivity index (χ2v) is 8.14. The van der Waals surface area contributed by atoms with Gasteiger partial charge in [0.15, 0.2) is 0 Å². The number of anilines is 1. The summed E-state index contributed by atoms with van der Waals surface area (Å²) in [5.41, 5.74) is 4.93. The number of para-hydroxylation sites is 1. The molecule has 1 aliphatic heterocycles. The van der Waals surface area contributed by atoms with Gasteiger partial charge in [-0.3, -0.25) is 0 Å². The van der Waals surface area contributed by atoms with Gasteiger partial charge in [0.1, 0.15) is 0 Å². The van der Waals surface area contributed by atoms with Gasteiger partial charge < -0.3 is 10.2 Å². The van der Waals surface area contributed by atoms with E-state index in [0.29, 0.717) is 0 Å². The SMILES string of the molecule is CCc1c(C)sc2c1CCN(C(=O)Nc1ccccc1)C2c1ccccc1. The van der Waals surface area contributed by atoms with Crippen LogP contribution in [0.2, 0.25) is 0 Å². The minimum absolute atomic E-state index is 0.0253. The number of rotatable bonds is 3. The molecule has 4 heteroatoms. The number of aryl methyl sites for hydroxylation is 1. The van der Waals surface area contributed by atoms with E-state index in [2.05, 4.69) is 43.4 Å². The summed E-state index contributed by atoms with van der Waals surface area (Å²) >= 11 is 1.85. The molecule has 1 atom stereocenters. The molecule has 1 aromatic heterocycles. The number of hydrogen-bond acceptors (Lipinski definition) is 2. The monoisotopic (exact) mass is 376 g/mol. The number of fused-ring (bicyclic) bond motifs is 1. The zero-order valence-corrected chi connectivity index (χ0v) is 16.6. The van der Waals surface area contributed by atoms with Crippen molar-refractivity contribution in [2.75, 3.05) is 11.9 Å². The van der Waals surface area contributed by atoms with E-state index in [1.165, 1.54) is 26.4 Å². The van der Waals surface area contributed by atoms with Gasteiger partial charge in [0.05, 0.1) is 6.04 Å². The number of nitrogens with zero attached hydrogens (tertiary/aromatic N) is 1. The fraction of sp³-hybridized carbons (Fsp3) is 0.261. The quantitative estimate of drug-likeness (QED) is 0.616. The molecule has 2 heterocycles. The average molecular weight is 377 g/mol. The molecule has 0 fully saturated rings. The molecular weight excluding hydrogens is 352 g/mol. The van der Waals surface area contributed by atoms with E-state index in [-0.39, 0.29) is 12.1 Å². The van der Waals surface area contributed by atoms with Crippen LogP contribution in [-0.2, 0) is 12.8 Å². The molecule has 2 amide bonds. The highest BCUT2D eigenvalue weighted by molar-refractivity contribution is 7.12. The van der Waals surface area contributed by atoms with Gasteiger partial charge in [-0.05, 0) is 48.6 Å². The molecule has 0 spiro atoms. The van der Waals surface area contributed by atoms with Crippen molar-refractivity contribution in [3.05, 3.63) is 87.1 Å². The zero-order valence-electron chi connectivity index (χ0n) is 15.7. The molecule has 0 saturated carbocycles. The first-order valence-corrected chi connectivity index (χ1v) is 10.3. The molecule has 0 bridgehead atoms. The molecule has 138 valence electrons. The van der Waals surface area contributed by atoms with Crippen LogP contribution in [-0.4, -0.2) is 17.5 Å². The molecule has 3 nitrogen and oxygen atoms in total. The summed E-state index contributed by atoms with van der Waals surface area (Å²) in [6.07, 6.45) is 1.98. The van der Waals surface area contributed by atoms with Crippen molar-refractivity contribution >= 4 is 23.1 Å². The van der Waals surface area contributed by atoms with E-state index in [1.54, 1.807) is 0 Å². The lowest BCUT2D eigenvalue weighted by Crippen LogP contribution is -2.42. The number of hydrogen-bond donors (Lipinski definition) is 1. The first-order chi connectivity index (χ1) is 13.2. The predicted molar refractivity (Wildman–Crippen MR) is 113 cm³/mol. The summed E-state index contributed by atoms with van der Waals surface area (Å²) in [5, 5.41) is 3.07. The number of carbonyl (C=O) groups is 1. The Bertz CT molecular complexity index is 934. The first-order valence-electron chi connectivity index (χ1n) is 9.47. The number of thiophene rings is 1. The molecule has 4 rings (SSSR count). The lowest BCUT2D eigenvalue weighted by molar-refractivity contribution is 0.195. The summed E-state index contributed by atoms with van der Waals surface area (Å²) in [4.78, 5) is 17.8. The smallest absolute Gasteiger partial charge is 0.312 e. The number of amides is 2. The highest BCUT2D eigenvalue weighted by atomic mass is 32.1. The van der Waals surface area contributed by atoms with Crippen molar-refractivity contribution in [3.8, 4) is 0 Å². The molecule has 0 aliphatic carbocycles. The second-order valence-electron chi connectivity index (χ2n) is 6.89. The van der Waals surface area contributed by atoms with Gasteiger partial charge in [-0.25, -0.2) is 4.79 Å². The minimum Gasteiger partial charge on any atom is -0.312 e. The van der Waals surface area contributed by atoms with Crippen molar-refractivity contribution in [2.24, 2.45) is 0 Å². The lowest BCUT2D eigenvalue weighted by atomic mass is 9.92. The fourth-order valence-corrected chi connectivity index (χ4v) is 5.46. The summed E-state index contributed by atoms with van der Waals surface area (Å²) in [6.45, 7) is 5.16. The van der Waals surface area contributed by atoms with Crippen LogP contribution in [0.5, 0.6) is 0 Å². The Morgan fingerprint density at radius 2 is 1.78 bits per heavy atom. The molecule has 27 heavy (non-hydrogen) atoms. The third-order valence-corrected chi connectivity index (χ3v) is 6.51. The Balaban J connectivity index is 1.73. The molecule has 1 N–H and O–H groups in total. The average Bonchev–Trinajstić information content (AvgIpc) is 3.03. The maximum absolute atomic E-state index is 13.1. The highest BCUT2D eigenvalue weighted by Crippen LogP contribution is 2.42. The van der Waals surface area contributed by atoms with E-state index >= 15 is 0 Å². The largest absolute Gasteiger partial charge is 0.322 e. The number of urea groups is 1. The van der Waals surface area contributed by atoms with Crippen LogP contribution in [0.15, 0.2) is 60.7 Å². The maximum Gasteiger partial charge on any atom is 0.322 e. The second kappa shape index (κ2) is 7.57. The van der Waals surface area contributed by atoms with Gasteiger partial charge in [-0.15, -0.1) is 11.3 Å². The van der Waals surface area contributed by atoms with Crippen molar-refractivity contribution in [2.45, 2.75) is 32.7 Å². The normalized spacial score (nSPS) is 16.1. The number of benzene rings is 2. The van der Waals surface area contributed by atoms with Crippen molar-refractivity contribution in [3.63, 3.8) is 0 Å². The standard InChI is InChI=1S/C23H24N2OS/c1-3-19-16(2)27-22-20(19)14-15-25(21(22)17-10-6-4-7-11-17)23(26)24-18-12-8-5-9-13-18/h4-13,21H,3,14-15H2,1-2H3,(H,24,26). The fourth-order valence-electron chi connectivity index (χ4n) is 4.01. The van der Waals surface area contributed by atoms with Crippen LogP contribution in [0, 0.1) is 6.92 Å². The van der Waals surface area contributed by atoms with Crippen molar-refractivity contribution < 1.29 is 4.79 Å². The van der Waals surface area contributed by atoms with Crippen molar-refractivity contribution in [1.29, 1.82) is 0 Å². The van der Waals surface area contributed by atoms with Crippen LogP contribution in [0.1, 0.15) is 39.4 Å². The third kappa shape index (κ3) is 3.37. The first kappa shape index (κ1) is 17.8. The van der Waals surface area contributed by atoms with E-state index in [9.17, 15) is 4.79 Å². The van der Waals surface area contributed by atoms with E-state index in [4.69, 9.17) is 0 Å². The van der Waals surface area contributed by atoms with E-state index < -0.39 is 0 Å².